The van der Waals surface area contributed by atoms with Crippen molar-refractivity contribution in [3.63, 3.8) is 0 Å². The molecule has 31 heavy (non-hydrogen) atoms. The van der Waals surface area contributed by atoms with Gasteiger partial charge in [-0.1, -0.05) is 19.8 Å². The lowest BCUT2D eigenvalue weighted by molar-refractivity contribution is -0.117. The Kier molecular flexibility index (Phi) is 6.85. The van der Waals surface area contributed by atoms with Gasteiger partial charge in [-0.2, -0.15) is 0 Å². The molecule has 0 saturated heterocycles. The molecule has 0 bridgehead atoms. The summed E-state index contributed by atoms with van der Waals surface area (Å²) in [7, 11) is 0. The maximum absolute atomic E-state index is 13.4. The van der Waals surface area contributed by atoms with E-state index in [-0.39, 0.29) is 29.6 Å². The quantitative estimate of drug-likeness (QED) is 0.625. The van der Waals surface area contributed by atoms with Crippen molar-refractivity contribution >= 4 is 34.5 Å². The smallest absolute Gasteiger partial charge is 0.267 e. The fraction of sp³-hybridized carbons (Fsp3) is 0.478. The Balaban J connectivity index is 1.39. The molecule has 2 unspecified atom stereocenters. The number of ether oxygens (including phenoxy) is 1. The largest absolute Gasteiger partial charge is 0.496 e. The van der Waals surface area contributed by atoms with Crippen molar-refractivity contribution in [1.29, 1.82) is 0 Å². The first kappa shape index (κ1) is 21.7. The molecule has 2 heterocycles. The molecule has 3 N–H and O–H groups in total. The van der Waals surface area contributed by atoms with E-state index in [0.29, 0.717) is 35.7 Å². The highest BCUT2D eigenvalue weighted by atomic mass is 32.2. The first-order valence-electron chi connectivity index (χ1n) is 10.9. The van der Waals surface area contributed by atoms with Crippen LogP contribution in [-0.2, 0) is 9.53 Å². The summed E-state index contributed by atoms with van der Waals surface area (Å²) in [6.45, 7) is 3.14. The van der Waals surface area contributed by atoms with Crippen LogP contribution in [-0.4, -0.2) is 41.7 Å². The highest BCUT2D eigenvalue weighted by Gasteiger charge is 2.29. The van der Waals surface area contributed by atoms with Gasteiger partial charge in [0.25, 0.3) is 11.8 Å². The van der Waals surface area contributed by atoms with Gasteiger partial charge in [0.2, 0.25) is 0 Å². The molecule has 6 nitrogen and oxygen atoms in total. The minimum Gasteiger partial charge on any atom is -0.496 e. The van der Waals surface area contributed by atoms with Crippen molar-refractivity contribution < 1.29 is 18.7 Å². The number of hydrogen-bond donors (Lipinski definition) is 3. The Morgan fingerprint density at radius 3 is 2.90 bits per heavy atom. The van der Waals surface area contributed by atoms with E-state index in [1.807, 2.05) is 6.92 Å². The van der Waals surface area contributed by atoms with Gasteiger partial charge in [-0.3, -0.25) is 9.59 Å². The maximum atomic E-state index is 13.4. The van der Waals surface area contributed by atoms with Gasteiger partial charge >= 0.3 is 0 Å². The Morgan fingerprint density at radius 2 is 2.06 bits per heavy atom. The average Bonchev–Trinajstić information content (AvgIpc) is 3.21. The lowest BCUT2D eigenvalue weighted by Gasteiger charge is -2.32. The number of halogens is 1. The van der Waals surface area contributed by atoms with Crippen LogP contribution < -0.4 is 10.6 Å². The first-order valence-corrected chi connectivity index (χ1v) is 11.9. The van der Waals surface area contributed by atoms with Crippen LogP contribution in [0.5, 0.6) is 0 Å². The highest BCUT2D eigenvalue weighted by molar-refractivity contribution is 8.04. The predicted octanol–water partition coefficient (Wildman–Crippen LogP) is 4.10. The molecular weight excluding hydrogens is 417 g/mol. The van der Waals surface area contributed by atoms with Crippen LogP contribution in [0.25, 0.3) is 10.9 Å². The van der Waals surface area contributed by atoms with Gasteiger partial charge in [-0.15, -0.1) is 11.8 Å². The van der Waals surface area contributed by atoms with Crippen molar-refractivity contribution in [3.8, 4) is 0 Å². The average molecular weight is 446 g/mol. The van der Waals surface area contributed by atoms with E-state index >= 15 is 0 Å². The minimum atomic E-state index is -0.340. The lowest BCUT2D eigenvalue weighted by atomic mass is 9.84. The number of thioether (sulfide) groups is 1. The second-order valence-corrected chi connectivity index (χ2v) is 9.16. The van der Waals surface area contributed by atoms with Crippen molar-refractivity contribution in [2.45, 2.75) is 45.1 Å². The third-order valence-corrected chi connectivity index (χ3v) is 7.04. The number of nitrogens with one attached hydrogen (secondary N) is 3. The molecular formula is C23H28FN3O3S. The van der Waals surface area contributed by atoms with Gasteiger partial charge in [-0.05, 0) is 43.0 Å². The Labute approximate surface area is 185 Å². The van der Waals surface area contributed by atoms with Gasteiger partial charge in [0.1, 0.15) is 22.2 Å². The van der Waals surface area contributed by atoms with E-state index in [2.05, 4.69) is 15.6 Å². The summed E-state index contributed by atoms with van der Waals surface area (Å²) < 4.78 is 19.1. The summed E-state index contributed by atoms with van der Waals surface area (Å²) in [5.74, 6) is 1.08. The number of H-pyrrole nitrogens is 1. The third-order valence-electron chi connectivity index (χ3n) is 5.97. The number of benzene rings is 1. The Morgan fingerprint density at radius 1 is 1.23 bits per heavy atom. The topological polar surface area (TPSA) is 83.2 Å². The molecule has 2 atom stereocenters. The molecule has 8 heteroatoms. The fourth-order valence-corrected chi connectivity index (χ4v) is 5.26. The number of aromatic nitrogens is 1. The number of amides is 2. The summed E-state index contributed by atoms with van der Waals surface area (Å²) in [5.41, 5.74) is 1.02. The van der Waals surface area contributed by atoms with Gasteiger partial charge in [0, 0.05) is 35.7 Å². The summed E-state index contributed by atoms with van der Waals surface area (Å²) in [6, 6.07) is 6.15. The van der Waals surface area contributed by atoms with Gasteiger partial charge in [0.05, 0.1) is 6.61 Å². The second kappa shape index (κ2) is 9.77. The zero-order valence-electron chi connectivity index (χ0n) is 17.6. The molecule has 1 saturated carbocycles. The molecule has 166 valence electrons. The monoisotopic (exact) mass is 445 g/mol. The van der Waals surface area contributed by atoms with E-state index in [9.17, 15) is 14.0 Å². The fourth-order valence-electron chi connectivity index (χ4n) is 4.32. The van der Waals surface area contributed by atoms with E-state index in [4.69, 9.17) is 4.74 Å². The molecule has 4 rings (SSSR count). The van der Waals surface area contributed by atoms with Gasteiger partial charge < -0.3 is 20.4 Å². The molecule has 1 aromatic heterocycles. The Bertz CT molecular complexity index is 1000. The second-order valence-electron chi connectivity index (χ2n) is 8.05. The van der Waals surface area contributed by atoms with E-state index in [0.717, 1.165) is 42.6 Å². The number of aromatic amines is 1. The normalized spacial score (nSPS) is 21.6. The highest BCUT2D eigenvalue weighted by Crippen LogP contribution is 2.29. The summed E-state index contributed by atoms with van der Waals surface area (Å²) >= 11 is 1.54. The molecule has 0 radical (unpaired) electrons. The summed E-state index contributed by atoms with van der Waals surface area (Å²) in [4.78, 5) is 29.2. The van der Waals surface area contributed by atoms with Crippen molar-refractivity contribution in [3.05, 3.63) is 46.4 Å². The van der Waals surface area contributed by atoms with Crippen LogP contribution in [0.15, 0.2) is 34.9 Å². The van der Waals surface area contributed by atoms with E-state index in [1.165, 1.54) is 12.1 Å². The van der Waals surface area contributed by atoms with E-state index in [1.54, 1.807) is 23.9 Å². The molecule has 1 aliphatic heterocycles. The number of carbonyl (C=O) groups is 2. The van der Waals surface area contributed by atoms with Crippen molar-refractivity contribution in [2.24, 2.45) is 5.92 Å². The van der Waals surface area contributed by atoms with Crippen molar-refractivity contribution in [1.82, 2.24) is 15.6 Å². The summed E-state index contributed by atoms with van der Waals surface area (Å²) in [5, 5.41) is 6.98. The molecule has 2 aliphatic rings. The number of hydrogen-bond acceptors (Lipinski definition) is 4. The summed E-state index contributed by atoms with van der Waals surface area (Å²) in [6.07, 6.45) is 4.65. The van der Waals surface area contributed by atoms with Crippen LogP contribution in [0, 0.1) is 11.7 Å². The van der Waals surface area contributed by atoms with Gasteiger partial charge in [-0.25, -0.2) is 4.39 Å². The van der Waals surface area contributed by atoms with Crippen LogP contribution in [0.1, 0.15) is 49.5 Å². The zero-order valence-corrected chi connectivity index (χ0v) is 18.4. The molecule has 2 amide bonds. The lowest BCUT2D eigenvalue weighted by Crippen LogP contribution is -2.46. The molecule has 1 aliphatic carbocycles. The number of rotatable bonds is 6. The number of fused-ring (bicyclic) bond motifs is 1. The predicted molar refractivity (Wildman–Crippen MR) is 120 cm³/mol. The Hall–Kier alpha value is -2.48. The number of carbonyl (C=O) groups excluding carboxylic acids is 2. The van der Waals surface area contributed by atoms with Crippen molar-refractivity contribution in [2.75, 3.05) is 18.9 Å². The first-order chi connectivity index (χ1) is 15.0. The number of allylic oxidation sites excluding steroid dienone is 1. The van der Waals surface area contributed by atoms with Crippen LogP contribution in [0.4, 0.5) is 4.39 Å². The van der Waals surface area contributed by atoms with Gasteiger partial charge in [0.15, 0.2) is 0 Å². The third kappa shape index (κ3) is 5.06. The minimum absolute atomic E-state index is 0.0143. The standard InChI is InChI=1S/C23H28FN3O3S/c1-2-20-21(31-10-9-30-20)23(29)25-13-15-5-3-4-6-17(15)27-22(28)19-11-14-7-8-16(24)12-18(14)26-19/h7-8,11-12,15,17,26H,2-6,9-10,13H2,1H3,(H,25,29)(H,27,28). The SMILES string of the molecule is CCC1=C(C(=O)NCC2CCCCC2NC(=O)c2cc3ccc(F)cc3[nH]2)SCCO1. The molecule has 0 spiro atoms. The zero-order chi connectivity index (χ0) is 21.8. The van der Waals surface area contributed by atoms with Crippen LogP contribution >= 0.6 is 11.8 Å². The molecule has 1 fully saturated rings. The maximum Gasteiger partial charge on any atom is 0.267 e. The molecule has 2 aromatic rings. The van der Waals surface area contributed by atoms with Crippen LogP contribution in [0.3, 0.4) is 0 Å². The molecule has 1 aromatic carbocycles. The van der Waals surface area contributed by atoms with Crippen LogP contribution in [0.2, 0.25) is 0 Å². The van der Waals surface area contributed by atoms with E-state index < -0.39 is 0 Å².